The van der Waals surface area contributed by atoms with E-state index in [1.807, 2.05) is 11.9 Å². The Labute approximate surface area is 220 Å². The molecule has 5 rings (SSSR count). The van der Waals surface area contributed by atoms with Crippen molar-refractivity contribution in [3.8, 4) is 0 Å². The van der Waals surface area contributed by atoms with E-state index >= 15 is 0 Å². The number of fused-ring (bicyclic) bond motifs is 1. The summed E-state index contributed by atoms with van der Waals surface area (Å²) in [5.74, 6) is -0.166. The number of carbonyl (C=O) groups is 2. The number of piperazine rings is 1. The van der Waals surface area contributed by atoms with Crippen molar-refractivity contribution < 1.29 is 40.7 Å². The maximum atomic E-state index is 13.3. The van der Waals surface area contributed by atoms with Crippen molar-refractivity contribution in [1.82, 2.24) is 24.5 Å². The minimum atomic E-state index is -5.00. The largest absolute Gasteiger partial charge is 0.445 e. The number of alkyl halides is 6. The van der Waals surface area contributed by atoms with E-state index in [0.717, 1.165) is 25.9 Å². The van der Waals surface area contributed by atoms with E-state index in [9.17, 15) is 35.9 Å². The first kappa shape index (κ1) is 27.3. The second-order valence-corrected chi connectivity index (χ2v) is 10.4. The fraction of sp³-hybridized carbons (Fsp3) is 0.560. The molecule has 14 heteroatoms. The van der Waals surface area contributed by atoms with E-state index < -0.39 is 41.7 Å². The van der Waals surface area contributed by atoms with Gasteiger partial charge in [0.25, 0.3) is 5.91 Å². The summed E-state index contributed by atoms with van der Waals surface area (Å²) in [6.07, 6.45) is -8.54. The highest BCUT2D eigenvalue weighted by Gasteiger charge is 2.53. The molecule has 39 heavy (non-hydrogen) atoms. The Morgan fingerprint density at radius 3 is 2.23 bits per heavy atom. The van der Waals surface area contributed by atoms with Gasteiger partial charge in [-0.25, -0.2) is 4.79 Å². The third-order valence-corrected chi connectivity index (χ3v) is 7.42. The Morgan fingerprint density at radius 2 is 1.62 bits per heavy atom. The van der Waals surface area contributed by atoms with Crippen LogP contribution in [0.4, 0.5) is 31.1 Å². The van der Waals surface area contributed by atoms with Crippen molar-refractivity contribution in [3.05, 3.63) is 52.3 Å². The SMILES string of the molecule is CN1CCN(C(=O)c2cc3n(n2)CCCN(C(=O)OCc2cc(C(F)(F)F)cc(C(F)(F)F)c2)C3)C2(CC2)C1. The molecular weight excluding hydrogens is 532 g/mol. The van der Waals surface area contributed by atoms with Crippen LogP contribution >= 0.6 is 0 Å². The Morgan fingerprint density at radius 1 is 0.949 bits per heavy atom. The van der Waals surface area contributed by atoms with Gasteiger partial charge in [0.1, 0.15) is 6.61 Å². The number of likely N-dealkylation sites (N-methyl/N-ethyl adjacent to an activating group) is 1. The maximum absolute atomic E-state index is 13.3. The average molecular weight is 560 g/mol. The number of hydrogen-bond donors (Lipinski definition) is 0. The van der Waals surface area contributed by atoms with Gasteiger partial charge in [-0.1, -0.05) is 0 Å². The third kappa shape index (κ3) is 5.70. The molecule has 3 heterocycles. The van der Waals surface area contributed by atoms with Gasteiger partial charge in [0.15, 0.2) is 5.69 Å². The van der Waals surface area contributed by atoms with Crippen LogP contribution in [0.1, 0.15) is 52.1 Å². The van der Waals surface area contributed by atoms with Crippen LogP contribution in [0.15, 0.2) is 24.3 Å². The molecule has 1 saturated carbocycles. The molecule has 0 N–H and O–H groups in total. The number of nitrogens with zero attached hydrogens (tertiary/aromatic N) is 5. The molecule has 2 fully saturated rings. The van der Waals surface area contributed by atoms with Gasteiger partial charge in [-0.3, -0.25) is 9.48 Å². The summed E-state index contributed by atoms with van der Waals surface area (Å²) in [6, 6.07) is 2.71. The number of halogens is 6. The first-order valence-electron chi connectivity index (χ1n) is 12.5. The van der Waals surface area contributed by atoms with Crippen molar-refractivity contribution in [2.75, 3.05) is 33.2 Å². The predicted octanol–water partition coefficient (Wildman–Crippen LogP) is 4.38. The molecule has 1 saturated heterocycles. The van der Waals surface area contributed by atoms with Crippen molar-refractivity contribution in [3.63, 3.8) is 0 Å². The summed E-state index contributed by atoms with van der Waals surface area (Å²) in [4.78, 5) is 31.4. The lowest BCUT2D eigenvalue weighted by atomic mass is 10.1. The summed E-state index contributed by atoms with van der Waals surface area (Å²) in [5, 5.41) is 4.47. The van der Waals surface area contributed by atoms with Gasteiger partial charge in [0, 0.05) is 32.7 Å². The number of rotatable bonds is 3. The number of carbonyl (C=O) groups excluding carboxylic acids is 2. The highest BCUT2D eigenvalue weighted by atomic mass is 19.4. The van der Waals surface area contributed by atoms with Crippen molar-refractivity contribution in [2.45, 2.75) is 56.9 Å². The Bertz CT molecular complexity index is 1240. The summed E-state index contributed by atoms with van der Waals surface area (Å²) >= 11 is 0. The van der Waals surface area contributed by atoms with E-state index in [-0.39, 0.29) is 36.3 Å². The fourth-order valence-corrected chi connectivity index (χ4v) is 5.26. The molecule has 0 unspecified atom stereocenters. The molecule has 0 radical (unpaired) electrons. The molecule has 2 aromatic rings. The van der Waals surface area contributed by atoms with Crippen LogP contribution in [-0.4, -0.2) is 75.2 Å². The van der Waals surface area contributed by atoms with Gasteiger partial charge in [0.05, 0.1) is 28.9 Å². The first-order chi connectivity index (χ1) is 18.2. The molecule has 1 aromatic heterocycles. The van der Waals surface area contributed by atoms with Crippen LogP contribution in [0, 0.1) is 0 Å². The standard InChI is InChI=1S/C25H27F6N5O3/c1-33-7-8-35(23(15-33)3-4-23)21(37)20-12-19-13-34(5-2-6-36(19)32-20)22(38)39-14-16-9-17(24(26,27)28)11-18(10-16)25(29,30)31/h9-12H,2-8,13-15H2,1H3. The predicted molar refractivity (Wildman–Crippen MR) is 124 cm³/mol. The number of benzene rings is 1. The Balaban J connectivity index is 1.27. The highest BCUT2D eigenvalue weighted by molar-refractivity contribution is 5.93. The Kier molecular flexibility index (Phi) is 6.80. The van der Waals surface area contributed by atoms with Crippen molar-refractivity contribution >= 4 is 12.0 Å². The van der Waals surface area contributed by atoms with Crippen LogP contribution < -0.4 is 0 Å². The van der Waals surface area contributed by atoms with Crippen LogP contribution in [0.3, 0.4) is 0 Å². The molecule has 0 atom stereocenters. The van der Waals surface area contributed by atoms with Crippen molar-refractivity contribution in [1.29, 1.82) is 0 Å². The monoisotopic (exact) mass is 559 g/mol. The first-order valence-corrected chi connectivity index (χ1v) is 12.5. The lowest BCUT2D eigenvalue weighted by molar-refractivity contribution is -0.143. The normalized spacial score (nSPS) is 19.6. The summed E-state index contributed by atoms with van der Waals surface area (Å²) in [6.45, 7) is 2.10. The lowest BCUT2D eigenvalue weighted by Crippen LogP contribution is -2.55. The topological polar surface area (TPSA) is 70.9 Å². The maximum Gasteiger partial charge on any atom is 0.416 e. The van der Waals surface area contributed by atoms with Crippen LogP contribution in [0.2, 0.25) is 0 Å². The number of ether oxygens (including phenoxy) is 1. The van der Waals surface area contributed by atoms with Gasteiger partial charge >= 0.3 is 18.4 Å². The quantitative estimate of drug-likeness (QED) is 0.522. The number of aromatic nitrogens is 2. The van der Waals surface area contributed by atoms with Crippen LogP contribution in [0.5, 0.6) is 0 Å². The molecule has 8 nitrogen and oxygen atoms in total. The zero-order valence-electron chi connectivity index (χ0n) is 21.1. The minimum absolute atomic E-state index is 0.0212. The second kappa shape index (κ2) is 9.72. The third-order valence-electron chi connectivity index (χ3n) is 7.42. The Hall–Kier alpha value is -3.29. The van der Waals surface area contributed by atoms with Crippen molar-refractivity contribution in [2.24, 2.45) is 0 Å². The van der Waals surface area contributed by atoms with E-state index in [1.165, 1.54) is 4.90 Å². The van der Waals surface area contributed by atoms with Crippen LogP contribution in [0.25, 0.3) is 0 Å². The zero-order valence-corrected chi connectivity index (χ0v) is 21.1. The molecule has 1 spiro atoms. The zero-order chi connectivity index (χ0) is 28.2. The molecule has 1 aliphatic carbocycles. The fourth-order valence-electron chi connectivity index (χ4n) is 5.26. The second-order valence-electron chi connectivity index (χ2n) is 10.4. The van der Waals surface area contributed by atoms with Gasteiger partial charge in [-0.15, -0.1) is 0 Å². The average Bonchev–Trinajstić information content (AvgIpc) is 3.54. The highest BCUT2D eigenvalue weighted by Crippen LogP contribution is 2.44. The van der Waals surface area contributed by atoms with Gasteiger partial charge in [-0.05, 0) is 56.1 Å². The molecular formula is C25H27F6N5O3. The molecule has 2 aliphatic heterocycles. The smallest absolute Gasteiger partial charge is 0.416 e. The van der Waals surface area contributed by atoms with Gasteiger partial charge in [0.2, 0.25) is 0 Å². The molecule has 2 amide bonds. The summed E-state index contributed by atoms with van der Waals surface area (Å²) < 4.78 is 85.6. The number of hydrogen-bond acceptors (Lipinski definition) is 5. The van der Waals surface area contributed by atoms with Gasteiger partial charge in [-0.2, -0.15) is 31.4 Å². The minimum Gasteiger partial charge on any atom is -0.445 e. The van der Waals surface area contributed by atoms with E-state index in [2.05, 4.69) is 10.00 Å². The van der Waals surface area contributed by atoms with Gasteiger partial charge < -0.3 is 19.4 Å². The summed E-state index contributed by atoms with van der Waals surface area (Å²) in [7, 11) is 2.02. The molecule has 0 bridgehead atoms. The molecule has 3 aliphatic rings. The van der Waals surface area contributed by atoms with E-state index in [0.29, 0.717) is 37.3 Å². The number of amides is 2. The molecule has 212 valence electrons. The summed E-state index contributed by atoms with van der Waals surface area (Å²) in [5.41, 5.74) is -2.68. The van der Waals surface area contributed by atoms with E-state index in [1.54, 1.807) is 10.7 Å². The number of aryl methyl sites for hydroxylation is 1. The molecule has 1 aromatic carbocycles. The lowest BCUT2D eigenvalue weighted by Gasteiger charge is -2.40. The van der Waals surface area contributed by atoms with Crippen LogP contribution in [-0.2, 0) is 36.8 Å². The van der Waals surface area contributed by atoms with E-state index in [4.69, 9.17) is 4.74 Å².